The summed E-state index contributed by atoms with van der Waals surface area (Å²) in [6.45, 7) is 15.7. The molecule has 3 aromatic rings. The van der Waals surface area contributed by atoms with Crippen molar-refractivity contribution in [3.8, 4) is 10.6 Å². The van der Waals surface area contributed by atoms with Crippen LogP contribution in [0.4, 0.5) is 5.82 Å². The van der Waals surface area contributed by atoms with E-state index in [0.29, 0.717) is 0 Å². The van der Waals surface area contributed by atoms with Crippen molar-refractivity contribution in [2.24, 2.45) is 5.41 Å². The predicted octanol–water partition coefficient (Wildman–Crippen LogP) is 6.31. The molecule has 134 valence electrons. The van der Waals surface area contributed by atoms with E-state index in [2.05, 4.69) is 88.0 Å². The van der Waals surface area contributed by atoms with E-state index in [0.717, 1.165) is 23.6 Å². The van der Waals surface area contributed by atoms with Gasteiger partial charge in [-0.25, -0.2) is 4.98 Å². The Hall–Kier alpha value is -1.81. The molecular weight excluding hydrogens is 326 g/mol. The van der Waals surface area contributed by atoms with Gasteiger partial charge in [0, 0.05) is 11.7 Å². The predicted molar refractivity (Wildman–Crippen MR) is 110 cm³/mol. The van der Waals surface area contributed by atoms with Gasteiger partial charge >= 0.3 is 0 Å². The Morgan fingerprint density at radius 3 is 2.44 bits per heavy atom. The van der Waals surface area contributed by atoms with Gasteiger partial charge in [0.1, 0.15) is 17.2 Å². The zero-order chi connectivity index (χ0) is 18.4. The van der Waals surface area contributed by atoms with Gasteiger partial charge in [-0.3, -0.25) is 4.40 Å². The Bertz CT molecular complexity index is 894. The molecule has 0 aromatic carbocycles. The fourth-order valence-electron chi connectivity index (χ4n) is 3.73. The molecule has 3 nitrogen and oxygen atoms in total. The van der Waals surface area contributed by atoms with Gasteiger partial charge in [-0.2, -0.15) is 0 Å². The van der Waals surface area contributed by atoms with Crippen LogP contribution in [-0.4, -0.2) is 14.9 Å². The molecule has 0 atom stereocenters. The summed E-state index contributed by atoms with van der Waals surface area (Å²) in [5.41, 5.74) is 4.79. The number of hydrogen-bond acceptors (Lipinski definition) is 3. The minimum absolute atomic E-state index is 0.0288. The fourth-order valence-corrected chi connectivity index (χ4v) is 4.65. The van der Waals surface area contributed by atoms with Crippen molar-refractivity contribution < 1.29 is 0 Å². The monoisotopic (exact) mass is 355 g/mol. The third-order valence-electron chi connectivity index (χ3n) is 4.29. The summed E-state index contributed by atoms with van der Waals surface area (Å²) < 4.78 is 2.19. The van der Waals surface area contributed by atoms with Gasteiger partial charge in [0.2, 0.25) is 0 Å². The molecule has 0 aliphatic carbocycles. The van der Waals surface area contributed by atoms with Crippen LogP contribution in [0.2, 0.25) is 0 Å². The quantitative estimate of drug-likeness (QED) is 0.594. The van der Waals surface area contributed by atoms with Gasteiger partial charge in [0.25, 0.3) is 0 Å². The number of hydrogen-bond donors (Lipinski definition) is 1. The second kappa shape index (κ2) is 6.17. The van der Waals surface area contributed by atoms with Gasteiger partial charge in [0.15, 0.2) is 0 Å². The van der Waals surface area contributed by atoms with Crippen LogP contribution in [-0.2, 0) is 0 Å². The van der Waals surface area contributed by atoms with Crippen molar-refractivity contribution in [1.82, 2.24) is 9.38 Å². The molecule has 0 unspecified atom stereocenters. The van der Waals surface area contributed by atoms with Gasteiger partial charge in [-0.05, 0) is 74.2 Å². The third kappa shape index (κ3) is 3.90. The molecule has 0 saturated heterocycles. The molecular formula is C21H29N3S. The third-order valence-corrected chi connectivity index (χ3v) is 5.31. The standard InChI is InChI=1S/C21H29N3S/c1-14-8-10-24-16(12-14)22-17(18-15(2)9-11-25-18)19(24)23-21(6,7)13-20(3,4)5/h8-12,23H,13H2,1-7H3. The number of imidazole rings is 1. The first kappa shape index (κ1) is 18.0. The highest BCUT2D eigenvalue weighted by Crippen LogP contribution is 2.38. The number of fused-ring (bicyclic) bond motifs is 1. The number of pyridine rings is 1. The van der Waals surface area contributed by atoms with Crippen LogP contribution in [0.5, 0.6) is 0 Å². The first-order valence-electron chi connectivity index (χ1n) is 8.87. The number of nitrogens with zero attached hydrogens (tertiary/aromatic N) is 2. The zero-order valence-electron chi connectivity index (χ0n) is 16.4. The van der Waals surface area contributed by atoms with Gasteiger partial charge in [-0.15, -0.1) is 11.3 Å². The van der Waals surface area contributed by atoms with Gasteiger partial charge in [-0.1, -0.05) is 20.8 Å². The molecule has 4 heteroatoms. The van der Waals surface area contributed by atoms with E-state index in [9.17, 15) is 0 Å². The molecule has 0 spiro atoms. The van der Waals surface area contributed by atoms with E-state index in [1.165, 1.54) is 16.0 Å². The Morgan fingerprint density at radius 2 is 1.84 bits per heavy atom. The number of nitrogens with one attached hydrogen (secondary N) is 1. The molecule has 0 bridgehead atoms. The van der Waals surface area contributed by atoms with Crippen LogP contribution >= 0.6 is 11.3 Å². The SMILES string of the molecule is Cc1ccn2c(NC(C)(C)CC(C)(C)C)c(-c3sccc3C)nc2c1. The van der Waals surface area contributed by atoms with Gasteiger partial charge in [0.05, 0.1) is 4.88 Å². The lowest BCUT2D eigenvalue weighted by atomic mass is 9.82. The molecule has 3 aromatic heterocycles. The molecule has 3 heterocycles. The maximum absolute atomic E-state index is 4.97. The first-order chi connectivity index (χ1) is 11.6. The summed E-state index contributed by atoms with van der Waals surface area (Å²) in [5, 5.41) is 5.95. The summed E-state index contributed by atoms with van der Waals surface area (Å²) in [6, 6.07) is 6.45. The lowest BCUT2D eigenvalue weighted by Gasteiger charge is -2.34. The van der Waals surface area contributed by atoms with Gasteiger partial charge < -0.3 is 5.32 Å². The molecule has 0 fully saturated rings. The molecule has 0 radical (unpaired) electrons. The minimum Gasteiger partial charge on any atom is -0.364 e. The molecule has 0 aliphatic heterocycles. The molecule has 1 N–H and O–H groups in total. The molecule has 0 saturated carbocycles. The number of aryl methyl sites for hydroxylation is 2. The van der Waals surface area contributed by atoms with Crippen molar-refractivity contribution >= 4 is 22.8 Å². The summed E-state index contributed by atoms with van der Waals surface area (Å²) >= 11 is 1.76. The maximum Gasteiger partial charge on any atom is 0.140 e. The van der Waals surface area contributed by atoms with Crippen LogP contribution in [0.25, 0.3) is 16.2 Å². The highest BCUT2D eigenvalue weighted by atomic mass is 32.1. The Labute approximate surface area is 155 Å². The lowest BCUT2D eigenvalue weighted by Crippen LogP contribution is -2.36. The Kier molecular flexibility index (Phi) is 4.44. The number of rotatable bonds is 4. The van der Waals surface area contributed by atoms with E-state index in [4.69, 9.17) is 4.98 Å². The van der Waals surface area contributed by atoms with Crippen LogP contribution in [0.3, 0.4) is 0 Å². The fraction of sp³-hybridized carbons (Fsp3) is 0.476. The van der Waals surface area contributed by atoms with Crippen LogP contribution < -0.4 is 5.32 Å². The number of aromatic nitrogens is 2. The van der Waals surface area contributed by atoms with E-state index < -0.39 is 0 Å². The molecule has 0 aliphatic rings. The summed E-state index contributed by atoms with van der Waals surface area (Å²) in [6.07, 6.45) is 3.20. The summed E-state index contributed by atoms with van der Waals surface area (Å²) in [7, 11) is 0. The summed E-state index contributed by atoms with van der Waals surface area (Å²) in [5.74, 6) is 1.09. The van der Waals surface area contributed by atoms with Crippen molar-refractivity contribution in [2.75, 3.05) is 5.32 Å². The lowest BCUT2D eigenvalue weighted by molar-refractivity contribution is 0.302. The van der Waals surface area contributed by atoms with Crippen LogP contribution in [0.15, 0.2) is 29.8 Å². The van der Waals surface area contributed by atoms with Crippen molar-refractivity contribution in [1.29, 1.82) is 0 Å². The van der Waals surface area contributed by atoms with Crippen molar-refractivity contribution in [2.45, 2.75) is 60.4 Å². The van der Waals surface area contributed by atoms with Crippen molar-refractivity contribution in [3.63, 3.8) is 0 Å². The number of anilines is 1. The van der Waals surface area contributed by atoms with E-state index in [1.54, 1.807) is 11.3 Å². The maximum atomic E-state index is 4.97. The second-order valence-corrected chi connectivity index (χ2v) is 9.84. The zero-order valence-corrected chi connectivity index (χ0v) is 17.2. The highest BCUT2D eigenvalue weighted by molar-refractivity contribution is 7.13. The second-order valence-electron chi connectivity index (χ2n) is 8.92. The first-order valence-corrected chi connectivity index (χ1v) is 9.75. The topological polar surface area (TPSA) is 29.3 Å². The normalized spacial score (nSPS) is 12.8. The smallest absolute Gasteiger partial charge is 0.140 e. The number of thiophene rings is 1. The van der Waals surface area contributed by atoms with Crippen molar-refractivity contribution in [3.05, 3.63) is 40.9 Å². The molecule has 25 heavy (non-hydrogen) atoms. The van der Waals surface area contributed by atoms with Crippen LogP contribution in [0, 0.1) is 19.3 Å². The van der Waals surface area contributed by atoms with Crippen LogP contribution in [0.1, 0.15) is 52.2 Å². The largest absolute Gasteiger partial charge is 0.364 e. The highest BCUT2D eigenvalue weighted by Gasteiger charge is 2.28. The molecule has 3 rings (SSSR count). The van der Waals surface area contributed by atoms with E-state index in [-0.39, 0.29) is 11.0 Å². The van der Waals surface area contributed by atoms with E-state index >= 15 is 0 Å². The average Bonchev–Trinajstić information content (AvgIpc) is 2.99. The Morgan fingerprint density at radius 1 is 1.12 bits per heavy atom. The average molecular weight is 356 g/mol. The van der Waals surface area contributed by atoms with E-state index in [1.807, 2.05) is 0 Å². The Balaban J connectivity index is 2.13. The molecule has 0 amide bonds. The minimum atomic E-state index is -0.0288. The summed E-state index contributed by atoms with van der Waals surface area (Å²) in [4.78, 5) is 6.21.